The lowest BCUT2D eigenvalue weighted by Crippen LogP contribution is -2.32. The number of rotatable bonds is 5. The van der Waals surface area contributed by atoms with Crippen LogP contribution in [0.25, 0.3) is 10.9 Å². The molecule has 0 atom stereocenters. The molecule has 0 radical (unpaired) electrons. The molecule has 1 aromatic heterocycles. The SMILES string of the molecule is CS(=O)(=O)Nc1ccc2c(c1)S(=O)(=O)CC(c1c(O)c3cc(F)ccc3n(Cc3ccc(F)c(Cl)c3)c1=O)=N2. The minimum absolute atomic E-state index is 0.00261. The lowest BCUT2D eigenvalue weighted by atomic mass is 10.1. The maximum atomic E-state index is 14.2. The lowest BCUT2D eigenvalue weighted by Gasteiger charge is -2.20. The first-order valence-corrected chi connectivity index (χ1v) is 15.1. The third-order valence-corrected chi connectivity index (χ3v) is 8.54. The van der Waals surface area contributed by atoms with Crippen LogP contribution in [0.5, 0.6) is 5.75 Å². The van der Waals surface area contributed by atoms with Crippen LogP contribution >= 0.6 is 11.6 Å². The fourth-order valence-corrected chi connectivity index (χ4v) is 6.57. The van der Waals surface area contributed by atoms with Crippen LogP contribution in [0.3, 0.4) is 0 Å². The average molecular weight is 594 g/mol. The summed E-state index contributed by atoms with van der Waals surface area (Å²) in [7, 11) is -7.84. The van der Waals surface area contributed by atoms with Gasteiger partial charge in [0.2, 0.25) is 10.0 Å². The number of hydrogen-bond acceptors (Lipinski definition) is 7. The number of pyridine rings is 1. The summed E-state index contributed by atoms with van der Waals surface area (Å²) in [5.41, 5.74) is -1.08. The summed E-state index contributed by atoms with van der Waals surface area (Å²) in [6.45, 7) is -0.161. The van der Waals surface area contributed by atoms with Crippen molar-refractivity contribution < 1.29 is 30.7 Å². The molecule has 0 amide bonds. The molecule has 0 saturated carbocycles. The number of halogens is 3. The quantitative estimate of drug-likeness (QED) is 0.360. The second-order valence-corrected chi connectivity index (χ2v) is 13.0. The van der Waals surface area contributed by atoms with Gasteiger partial charge in [-0.25, -0.2) is 25.6 Å². The highest BCUT2D eigenvalue weighted by molar-refractivity contribution is 7.92. The van der Waals surface area contributed by atoms with Gasteiger partial charge in [0.1, 0.15) is 22.9 Å². The number of sulfonamides is 1. The summed E-state index contributed by atoms with van der Waals surface area (Å²) < 4.78 is 80.8. The number of aliphatic imine (C=N–C) groups is 1. The van der Waals surface area contributed by atoms with Crippen molar-refractivity contribution in [2.45, 2.75) is 11.4 Å². The van der Waals surface area contributed by atoms with Crippen molar-refractivity contribution in [2.24, 2.45) is 4.99 Å². The lowest BCUT2D eigenvalue weighted by molar-refractivity contribution is 0.477. The monoisotopic (exact) mass is 593 g/mol. The molecule has 39 heavy (non-hydrogen) atoms. The Balaban J connectivity index is 1.73. The Kier molecular flexibility index (Phi) is 6.48. The fourth-order valence-electron chi connectivity index (χ4n) is 4.35. The number of hydrogen-bond donors (Lipinski definition) is 2. The van der Waals surface area contributed by atoms with Crippen LogP contribution < -0.4 is 10.3 Å². The second kappa shape index (κ2) is 9.43. The third kappa shape index (κ3) is 5.12. The van der Waals surface area contributed by atoms with Gasteiger partial charge < -0.3 is 9.67 Å². The van der Waals surface area contributed by atoms with Crippen LogP contribution in [0.2, 0.25) is 5.02 Å². The van der Waals surface area contributed by atoms with Crippen LogP contribution in [0, 0.1) is 11.6 Å². The van der Waals surface area contributed by atoms with E-state index < -0.39 is 54.1 Å². The topological polar surface area (TPSA) is 135 Å². The Bertz CT molecular complexity index is 2010. The highest BCUT2D eigenvalue weighted by Crippen LogP contribution is 2.36. The van der Waals surface area contributed by atoms with Gasteiger partial charge in [0.15, 0.2) is 9.84 Å². The number of aromatic nitrogens is 1. The van der Waals surface area contributed by atoms with E-state index in [2.05, 4.69) is 9.71 Å². The van der Waals surface area contributed by atoms with Gasteiger partial charge in [0, 0.05) is 11.1 Å². The third-order valence-electron chi connectivity index (χ3n) is 5.99. The molecule has 14 heteroatoms. The highest BCUT2D eigenvalue weighted by Gasteiger charge is 2.32. The molecule has 0 unspecified atom stereocenters. The smallest absolute Gasteiger partial charge is 0.264 e. The van der Waals surface area contributed by atoms with E-state index in [9.17, 15) is 35.5 Å². The normalized spacial score (nSPS) is 14.6. The standard InChI is InChI=1S/C25H18ClF2N3O6S2/c1-38(34,35)30-15-4-6-19-22(10-15)39(36,37)12-20(29-19)23-24(32)16-9-14(27)3-7-21(16)31(25(23)33)11-13-2-5-18(28)17(26)8-13/h2-10,30,32H,11-12H2,1H3. The molecule has 0 saturated heterocycles. The average Bonchev–Trinajstić information content (AvgIpc) is 2.83. The summed E-state index contributed by atoms with van der Waals surface area (Å²) in [6.07, 6.45) is 0.910. The van der Waals surface area contributed by atoms with Gasteiger partial charge >= 0.3 is 0 Å². The zero-order valence-electron chi connectivity index (χ0n) is 19.9. The van der Waals surface area contributed by atoms with Gasteiger partial charge in [-0.15, -0.1) is 0 Å². The first-order valence-electron chi connectivity index (χ1n) is 11.1. The molecule has 5 rings (SSSR count). The minimum atomic E-state index is -4.15. The first-order chi connectivity index (χ1) is 18.2. The minimum Gasteiger partial charge on any atom is -0.506 e. The van der Waals surface area contributed by atoms with Gasteiger partial charge in [-0.05, 0) is 54.1 Å². The highest BCUT2D eigenvalue weighted by atomic mass is 35.5. The van der Waals surface area contributed by atoms with Crippen LogP contribution in [0.15, 0.2) is 69.3 Å². The first kappa shape index (κ1) is 26.8. The van der Waals surface area contributed by atoms with E-state index in [1.54, 1.807) is 0 Å². The van der Waals surface area contributed by atoms with Crippen molar-refractivity contribution in [3.8, 4) is 5.75 Å². The predicted molar refractivity (Wildman–Crippen MR) is 144 cm³/mol. The number of aromatic hydroxyl groups is 1. The van der Waals surface area contributed by atoms with Crippen molar-refractivity contribution in [3.05, 3.63) is 92.7 Å². The molecular formula is C25H18ClF2N3O6S2. The van der Waals surface area contributed by atoms with E-state index in [1.807, 2.05) is 0 Å². The Labute approximate surface area is 226 Å². The fraction of sp³-hybridized carbons (Fsp3) is 0.120. The van der Waals surface area contributed by atoms with Crippen molar-refractivity contribution in [3.63, 3.8) is 0 Å². The van der Waals surface area contributed by atoms with Crippen LogP contribution in [-0.4, -0.2) is 44.2 Å². The van der Waals surface area contributed by atoms with E-state index in [0.29, 0.717) is 5.56 Å². The molecule has 0 fully saturated rings. The number of nitrogens with zero attached hydrogens (tertiary/aromatic N) is 2. The molecule has 0 spiro atoms. The molecule has 1 aliphatic heterocycles. The van der Waals surface area contributed by atoms with Crippen molar-refractivity contribution in [1.29, 1.82) is 0 Å². The van der Waals surface area contributed by atoms with E-state index >= 15 is 0 Å². The molecule has 9 nitrogen and oxygen atoms in total. The van der Waals surface area contributed by atoms with Crippen molar-refractivity contribution >= 4 is 59.5 Å². The van der Waals surface area contributed by atoms with Gasteiger partial charge in [-0.3, -0.25) is 14.5 Å². The number of nitrogens with one attached hydrogen (secondary N) is 1. The molecule has 0 bridgehead atoms. The molecule has 2 N–H and O–H groups in total. The predicted octanol–water partition coefficient (Wildman–Crippen LogP) is 3.97. The van der Waals surface area contributed by atoms with Crippen LogP contribution in [-0.2, 0) is 26.4 Å². The maximum absolute atomic E-state index is 14.2. The molecule has 202 valence electrons. The molecule has 0 aliphatic carbocycles. The van der Waals surface area contributed by atoms with Gasteiger partial charge in [0.05, 0.1) is 45.4 Å². The Hall–Kier alpha value is -3.81. The summed E-state index contributed by atoms with van der Waals surface area (Å²) >= 11 is 5.89. The zero-order valence-corrected chi connectivity index (χ0v) is 22.3. The molecule has 4 aromatic rings. The number of anilines is 1. The summed E-state index contributed by atoms with van der Waals surface area (Å²) in [5.74, 6) is -2.83. The number of benzene rings is 3. The van der Waals surface area contributed by atoms with E-state index in [4.69, 9.17) is 11.6 Å². The van der Waals surface area contributed by atoms with Gasteiger partial charge in [-0.1, -0.05) is 17.7 Å². The summed E-state index contributed by atoms with van der Waals surface area (Å²) in [4.78, 5) is 17.8. The molecule has 1 aliphatic rings. The zero-order chi connectivity index (χ0) is 28.3. The van der Waals surface area contributed by atoms with Gasteiger partial charge in [-0.2, -0.15) is 0 Å². The molecule has 3 aromatic carbocycles. The number of fused-ring (bicyclic) bond motifs is 2. The van der Waals surface area contributed by atoms with E-state index in [-0.39, 0.29) is 44.5 Å². The summed E-state index contributed by atoms with van der Waals surface area (Å²) in [6, 6.07) is 10.9. The Morgan fingerprint density at radius 1 is 1.10 bits per heavy atom. The largest absolute Gasteiger partial charge is 0.506 e. The summed E-state index contributed by atoms with van der Waals surface area (Å²) in [5, 5.41) is 10.8. The Morgan fingerprint density at radius 2 is 1.85 bits per heavy atom. The molecular weight excluding hydrogens is 576 g/mol. The number of sulfone groups is 1. The van der Waals surface area contributed by atoms with Crippen molar-refractivity contribution in [1.82, 2.24) is 4.57 Å². The Morgan fingerprint density at radius 3 is 2.54 bits per heavy atom. The van der Waals surface area contributed by atoms with Gasteiger partial charge in [0.25, 0.3) is 5.56 Å². The van der Waals surface area contributed by atoms with Crippen molar-refractivity contribution in [2.75, 3.05) is 16.7 Å². The second-order valence-electron chi connectivity index (χ2n) is 8.90. The van der Waals surface area contributed by atoms with E-state index in [1.165, 1.54) is 34.9 Å². The van der Waals surface area contributed by atoms with Crippen LogP contribution in [0.1, 0.15) is 11.1 Å². The van der Waals surface area contributed by atoms with Crippen LogP contribution in [0.4, 0.5) is 20.2 Å². The maximum Gasteiger partial charge on any atom is 0.264 e. The molecule has 2 heterocycles. The van der Waals surface area contributed by atoms with E-state index in [0.717, 1.165) is 30.5 Å².